The van der Waals surface area contributed by atoms with Crippen LogP contribution in [-0.2, 0) is 9.59 Å². The number of hydrogen-bond acceptors (Lipinski definition) is 8. The molecule has 0 radical (unpaired) electrons. The second-order valence-electron chi connectivity index (χ2n) is 3.38. The van der Waals surface area contributed by atoms with Crippen molar-refractivity contribution in [2.45, 2.75) is 21.3 Å². The molecule has 1 aromatic heterocycles. The second-order valence-corrected chi connectivity index (χ2v) is 5.88. The zero-order valence-electron chi connectivity index (χ0n) is 16.2. The monoisotopic (exact) mass is 668 g/mol. The van der Waals surface area contributed by atoms with Gasteiger partial charge in [0.2, 0.25) is 0 Å². The van der Waals surface area contributed by atoms with Gasteiger partial charge in [-0.2, -0.15) is 0 Å². The summed E-state index contributed by atoms with van der Waals surface area (Å²) in [7, 11) is 0. The second kappa shape index (κ2) is 36.9. The van der Waals surface area contributed by atoms with E-state index in [4.69, 9.17) is 25.8 Å². The molecule has 0 bridgehead atoms. The number of aldehydes is 1. The van der Waals surface area contributed by atoms with E-state index < -0.39 is 11.9 Å². The molecule has 6 N–H and O–H groups in total. The minimum absolute atomic E-state index is 0. The van der Waals surface area contributed by atoms with E-state index in [-0.39, 0.29) is 77.3 Å². The molecule has 0 aliphatic heterocycles. The Bertz CT molecular complexity index is 628. The van der Waals surface area contributed by atoms with Gasteiger partial charge in [0.25, 0.3) is 0 Å². The number of aliphatic hydroxyl groups excluding tert-OH is 1. The van der Waals surface area contributed by atoms with Crippen LogP contribution in [-0.4, -0.2) is 63.1 Å². The van der Waals surface area contributed by atoms with E-state index >= 15 is 0 Å². The van der Waals surface area contributed by atoms with Crippen LogP contribution in [0.1, 0.15) is 31.8 Å². The largest absolute Gasteiger partial charge is 1.00 e. The van der Waals surface area contributed by atoms with Crippen molar-refractivity contribution in [2.75, 3.05) is 13.2 Å². The number of aliphatic hydroxyl groups is 1. The van der Waals surface area contributed by atoms with E-state index in [1.807, 2.05) is 0 Å². The van der Waals surface area contributed by atoms with Crippen molar-refractivity contribution in [1.82, 2.24) is 9.97 Å². The van der Waals surface area contributed by atoms with E-state index in [1.165, 1.54) is 12.5 Å². The van der Waals surface area contributed by atoms with Gasteiger partial charge in [-0.1, -0.05) is 14.4 Å². The zero-order chi connectivity index (χ0) is 23.1. The van der Waals surface area contributed by atoms with Crippen LogP contribution in [0.2, 0.25) is 0 Å². The number of carbonyl (C=O) groups excluding carboxylic acids is 1. The van der Waals surface area contributed by atoms with Crippen molar-refractivity contribution in [2.24, 2.45) is 5.73 Å². The smallest absolute Gasteiger partial charge is 0.855 e. The van der Waals surface area contributed by atoms with Gasteiger partial charge in [-0.05, 0) is 54.7 Å². The first kappa shape index (κ1) is 48.1. The number of nitrogens with zero attached hydrogens (tertiary/aromatic N) is 2. The summed E-state index contributed by atoms with van der Waals surface area (Å²) in [6.07, 6.45) is 3.73. The minimum Gasteiger partial charge on any atom is -0.855 e. The molecule has 0 aliphatic rings. The summed E-state index contributed by atoms with van der Waals surface area (Å²) in [5.74, 6) is -2.23. The number of aromatic carboxylic acids is 1. The minimum atomic E-state index is -1.17. The molecule has 1 rings (SSSR count). The molecule has 0 saturated carbocycles. The summed E-state index contributed by atoms with van der Waals surface area (Å²) in [6.45, 7) is 3.50. The first-order chi connectivity index (χ1) is 13.0. The van der Waals surface area contributed by atoms with Crippen LogP contribution in [0.4, 0.5) is 0 Å². The average molecular weight is 672 g/mol. The summed E-state index contributed by atoms with van der Waals surface area (Å²) < 4.78 is 0.218. The SMILES string of the molecule is C.CCO.CC[O-].Cl.N=CN.O=C(O)c1ncncc1Br.O=C/C(Br)=C(/Br)C(=O)O.[Na+]. The summed E-state index contributed by atoms with van der Waals surface area (Å²) in [4.78, 5) is 37.3. The molecule has 176 valence electrons. The molecule has 0 amide bonds. The van der Waals surface area contributed by atoms with Crippen LogP contribution in [0.3, 0.4) is 0 Å². The molecule has 11 nitrogen and oxygen atoms in total. The average Bonchev–Trinajstić information content (AvgIpc) is 2.63. The fourth-order valence-electron chi connectivity index (χ4n) is 0.624. The van der Waals surface area contributed by atoms with Crippen molar-refractivity contribution in [1.29, 1.82) is 5.41 Å². The third-order valence-electron chi connectivity index (χ3n) is 1.37. The normalized spacial score (nSPS) is 8.10. The molecule has 0 aromatic carbocycles. The molecular formula is C15H25Br3ClN4NaO7. The van der Waals surface area contributed by atoms with Gasteiger partial charge in [0, 0.05) is 12.8 Å². The Labute approximate surface area is 234 Å². The first-order valence-electron chi connectivity index (χ1n) is 6.87. The molecule has 0 atom stereocenters. The maximum atomic E-state index is 10.3. The fraction of sp³-hybridized carbons (Fsp3) is 0.333. The predicted molar refractivity (Wildman–Crippen MR) is 126 cm³/mol. The molecular weight excluding hydrogens is 646 g/mol. The Hall–Kier alpha value is -0.450. The quantitative estimate of drug-likeness (QED) is 0.0887. The van der Waals surface area contributed by atoms with Crippen LogP contribution in [0.25, 0.3) is 0 Å². The van der Waals surface area contributed by atoms with E-state index in [2.05, 4.69) is 63.5 Å². The Morgan fingerprint density at radius 3 is 1.81 bits per heavy atom. The van der Waals surface area contributed by atoms with Crippen molar-refractivity contribution in [3.63, 3.8) is 0 Å². The van der Waals surface area contributed by atoms with Gasteiger partial charge in [0.1, 0.15) is 10.8 Å². The number of nitrogens with two attached hydrogens (primary N) is 1. The number of halogens is 4. The van der Waals surface area contributed by atoms with Gasteiger partial charge >= 0.3 is 41.5 Å². The number of carboxylic acid groups (broad SMARTS) is 2. The van der Waals surface area contributed by atoms with Crippen LogP contribution < -0.4 is 40.4 Å². The third-order valence-corrected chi connectivity index (χ3v) is 3.83. The number of hydrogen-bond donors (Lipinski definition) is 5. The number of carbonyl (C=O) groups is 3. The molecule has 31 heavy (non-hydrogen) atoms. The number of aliphatic carboxylic acids is 1. The molecule has 1 heterocycles. The topological polar surface area (TPSA) is 211 Å². The zero-order valence-corrected chi connectivity index (χ0v) is 23.8. The Balaban J connectivity index is -0.0000000506. The van der Waals surface area contributed by atoms with E-state index in [0.717, 1.165) is 6.34 Å². The van der Waals surface area contributed by atoms with E-state index in [0.29, 0.717) is 10.8 Å². The first-order valence-corrected chi connectivity index (χ1v) is 9.25. The van der Waals surface area contributed by atoms with Crippen molar-refractivity contribution >= 4 is 84.8 Å². The Kier molecular flexibility index (Phi) is 57.2. The van der Waals surface area contributed by atoms with Crippen LogP contribution in [0, 0.1) is 5.41 Å². The summed E-state index contributed by atoms with van der Waals surface area (Å²) in [5, 5.41) is 39.0. The number of allylic oxidation sites excluding steroid dienone is 1. The van der Waals surface area contributed by atoms with E-state index in [9.17, 15) is 14.4 Å². The number of nitrogens with one attached hydrogen (secondary N) is 1. The summed E-state index contributed by atoms with van der Waals surface area (Å²) in [6, 6.07) is 0. The maximum absolute atomic E-state index is 10.3. The molecule has 16 heteroatoms. The molecule has 0 aliphatic carbocycles. The molecule has 0 fully saturated rings. The number of rotatable bonds is 3. The van der Waals surface area contributed by atoms with Gasteiger partial charge < -0.3 is 26.2 Å². The summed E-state index contributed by atoms with van der Waals surface area (Å²) >= 11 is 8.39. The van der Waals surface area contributed by atoms with Crippen LogP contribution in [0.15, 0.2) is 26.0 Å². The van der Waals surface area contributed by atoms with Gasteiger partial charge in [-0.3, -0.25) is 10.2 Å². The van der Waals surface area contributed by atoms with Crippen molar-refractivity contribution in [3.8, 4) is 0 Å². The standard InChI is InChI=1S/C5H3BrN2O2.C4H2Br2O3.C2H6O.C2H5O.CH4N2.CH4.ClH.Na/c6-3-1-7-2-8-4(3)5(9)10;5-2(1-7)3(6)4(8)9;2*1-2-3;2-1-3;;;/h1-2H,(H,9,10);1H,(H,8,9);3H,2H2,1H3;2H2,1H3;1H,(H3,2,3);1H4;1H;/q;;;-1;;;;+1/b;3-2-;;;;;;. The Morgan fingerprint density at radius 1 is 1.29 bits per heavy atom. The maximum Gasteiger partial charge on any atom is 1.00 e. The van der Waals surface area contributed by atoms with Gasteiger partial charge in [0.05, 0.1) is 15.3 Å². The Morgan fingerprint density at radius 2 is 1.65 bits per heavy atom. The van der Waals surface area contributed by atoms with Crippen molar-refractivity contribution < 1.29 is 64.4 Å². The van der Waals surface area contributed by atoms with E-state index in [1.54, 1.807) is 13.8 Å². The fourth-order valence-corrected chi connectivity index (χ4v) is 1.28. The van der Waals surface area contributed by atoms with Crippen LogP contribution >= 0.6 is 60.2 Å². The molecule has 1 aromatic rings. The summed E-state index contributed by atoms with van der Waals surface area (Å²) in [5.41, 5.74) is 4.37. The van der Waals surface area contributed by atoms with Crippen LogP contribution in [0.5, 0.6) is 0 Å². The van der Waals surface area contributed by atoms with Crippen molar-refractivity contribution in [3.05, 3.63) is 31.7 Å². The van der Waals surface area contributed by atoms with Gasteiger partial charge in [-0.25, -0.2) is 19.6 Å². The van der Waals surface area contributed by atoms with Gasteiger partial charge in [0.15, 0.2) is 12.0 Å². The molecule has 0 spiro atoms. The number of carboxylic acids is 2. The predicted octanol–water partition coefficient (Wildman–Crippen LogP) is -0.812. The molecule has 0 unspecified atom stereocenters. The van der Waals surface area contributed by atoms with Gasteiger partial charge in [-0.15, -0.1) is 19.0 Å². The molecule has 0 saturated heterocycles. The number of aromatic nitrogens is 2. The third kappa shape index (κ3) is 37.2.